The minimum Gasteiger partial charge on any atom is -0.396 e. The van der Waals surface area contributed by atoms with Crippen molar-refractivity contribution in [2.75, 3.05) is 18.5 Å². The fraction of sp³-hybridized carbons (Fsp3) is 0.476. The Morgan fingerprint density at radius 2 is 2.04 bits per heavy atom. The molecule has 3 nitrogen and oxygen atoms in total. The van der Waals surface area contributed by atoms with E-state index in [1.54, 1.807) is 11.3 Å². The molecule has 1 aromatic carbocycles. The first-order valence-corrected chi connectivity index (χ1v) is 9.84. The van der Waals surface area contributed by atoms with Gasteiger partial charge in [0.05, 0.1) is 11.4 Å². The van der Waals surface area contributed by atoms with E-state index in [-0.39, 0.29) is 12.4 Å². The molecule has 2 N–H and O–H groups in total. The summed E-state index contributed by atoms with van der Waals surface area (Å²) in [6.07, 6.45) is 1.74. The maximum Gasteiger partial charge on any atom is 0.192 e. The van der Waals surface area contributed by atoms with Gasteiger partial charge in [-0.2, -0.15) is 0 Å². The van der Waals surface area contributed by atoms with Gasteiger partial charge in [-0.1, -0.05) is 26.0 Å². The van der Waals surface area contributed by atoms with Gasteiger partial charge in [-0.3, -0.25) is 4.79 Å². The Bertz CT molecular complexity index is 819. The first-order chi connectivity index (χ1) is 11.9. The molecule has 2 atom stereocenters. The van der Waals surface area contributed by atoms with Crippen LogP contribution in [0.5, 0.6) is 0 Å². The van der Waals surface area contributed by atoms with Crippen LogP contribution >= 0.6 is 11.3 Å². The highest BCUT2D eigenvalue weighted by Gasteiger charge is 2.63. The van der Waals surface area contributed by atoms with Gasteiger partial charge in [0.25, 0.3) is 0 Å². The second-order valence-electron chi connectivity index (χ2n) is 7.94. The molecule has 0 saturated heterocycles. The van der Waals surface area contributed by atoms with Crippen LogP contribution in [0.3, 0.4) is 0 Å². The number of carbonyl (C=O) groups is 1. The predicted molar refractivity (Wildman–Crippen MR) is 103 cm³/mol. The number of ketones is 1. The number of anilines is 1. The Kier molecular flexibility index (Phi) is 4.00. The van der Waals surface area contributed by atoms with Crippen LogP contribution in [0.4, 0.5) is 5.69 Å². The molecule has 2 aliphatic rings. The largest absolute Gasteiger partial charge is 0.396 e. The smallest absolute Gasteiger partial charge is 0.192 e. The molecular weight excluding hydrogens is 330 g/mol. The summed E-state index contributed by atoms with van der Waals surface area (Å²) >= 11 is 1.68. The van der Waals surface area contributed by atoms with Crippen molar-refractivity contribution in [2.45, 2.75) is 39.5 Å². The summed E-state index contributed by atoms with van der Waals surface area (Å²) in [5, 5.41) is 12.2. The molecule has 1 fully saturated rings. The number of aryl methyl sites for hydroxylation is 1. The second kappa shape index (κ2) is 5.96. The lowest BCUT2D eigenvalue weighted by atomic mass is 9.94. The van der Waals surface area contributed by atoms with Gasteiger partial charge in [0, 0.05) is 17.2 Å². The van der Waals surface area contributed by atoms with Gasteiger partial charge in [-0.25, -0.2) is 0 Å². The van der Waals surface area contributed by atoms with Crippen LogP contribution < -0.4 is 5.32 Å². The predicted octanol–water partition coefficient (Wildman–Crippen LogP) is 4.18. The molecule has 2 aromatic rings. The standard InChI is InChI=1S/C21H25NO2S/c1-12-18-15(10-16-19(18)21(16,2)3)20(25-12)17(24)11-22-14-6-4-13(5-7-14)8-9-23/h4-7,16,19,22-23H,8-11H2,1-3H3/t16-,19-/m1/s1. The Hall–Kier alpha value is -1.65. The van der Waals surface area contributed by atoms with Crippen molar-refractivity contribution in [3.05, 3.63) is 50.7 Å². The molecule has 1 aromatic heterocycles. The van der Waals surface area contributed by atoms with Gasteiger partial charge < -0.3 is 10.4 Å². The molecule has 4 heteroatoms. The third kappa shape index (κ3) is 2.72. The molecule has 4 rings (SSSR count). The first-order valence-electron chi connectivity index (χ1n) is 9.02. The number of hydrogen-bond donors (Lipinski definition) is 2. The molecule has 25 heavy (non-hydrogen) atoms. The summed E-state index contributed by atoms with van der Waals surface area (Å²) in [6, 6.07) is 7.93. The zero-order valence-electron chi connectivity index (χ0n) is 15.1. The van der Waals surface area contributed by atoms with E-state index in [0.717, 1.165) is 28.5 Å². The van der Waals surface area contributed by atoms with E-state index >= 15 is 0 Å². The first kappa shape index (κ1) is 16.8. The number of nitrogens with one attached hydrogen (secondary N) is 1. The number of fused-ring (bicyclic) bond motifs is 3. The lowest BCUT2D eigenvalue weighted by molar-refractivity contribution is 0.101. The lowest BCUT2D eigenvalue weighted by Gasteiger charge is -2.10. The average molecular weight is 356 g/mol. The lowest BCUT2D eigenvalue weighted by Crippen LogP contribution is -2.14. The normalized spacial score (nSPS) is 22.4. The summed E-state index contributed by atoms with van der Waals surface area (Å²) < 4.78 is 0. The van der Waals surface area contributed by atoms with E-state index in [1.165, 1.54) is 16.0 Å². The van der Waals surface area contributed by atoms with Gasteiger partial charge in [0.1, 0.15) is 0 Å². The molecule has 132 valence electrons. The van der Waals surface area contributed by atoms with Crippen LogP contribution in [0.15, 0.2) is 24.3 Å². The van der Waals surface area contributed by atoms with Crippen LogP contribution in [-0.2, 0) is 12.8 Å². The van der Waals surface area contributed by atoms with Gasteiger partial charge in [-0.05, 0) is 65.8 Å². The van der Waals surface area contributed by atoms with Crippen LogP contribution in [0.25, 0.3) is 0 Å². The Balaban J connectivity index is 1.45. The fourth-order valence-electron chi connectivity index (χ4n) is 4.54. The minimum atomic E-state index is 0.160. The molecule has 2 aliphatic carbocycles. The Labute approximate surface area is 153 Å². The quantitative estimate of drug-likeness (QED) is 0.764. The van der Waals surface area contributed by atoms with E-state index in [2.05, 4.69) is 26.1 Å². The highest BCUT2D eigenvalue weighted by atomic mass is 32.1. The summed E-state index contributed by atoms with van der Waals surface area (Å²) in [7, 11) is 0. The van der Waals surface area contributed by atoms with E-state index in [1.807, 2.05) is 24.3 Å². The van der Waals surface area contributed by atoms with Crippen LogP contribution in [0, 0.1) is 18.3 Å². The third-order valence-electron chi connectivity index (χ3n) is 6.08. The fourth-order valence-corrected chi connectivity index (χ4v) is 5.71. The van der Waals surface area contributed by atoms with Crippen molar-refractivity contribution in [2.24, 2.45) is 11.3 Å². The SMILES string of the molecule is Cc1sc(C(=O)CNc2ccc(CCO)cc2)c2c1[C@H]1[C@@H](C2)C1(C)C. The van der Waals surface area contributed by atoms with Crippen molar-refractivity contribution in [3.8, 4) is 0 Å². The van der Waals surface area contributed by atoms with Crippen LogP contribution in [0.1, 0.15) is 51.0 Å². The van der Waals surface area contributed by atoms with Crippen molar-refractivity contribution in [1.82, 2.24) is 0 Å². The number of Topliss-reactive ketones (excluding diaryl/α,β-unsaturated/α-hetero) is 1. The maximum absolute atomic E-state index is 12.8. The Morgan fingerprint density at radius 1 is 1.32 bits per heavy atom. The molecular formula is C21H25NO2S. The second-order valence-corrected chi connectivity index (χ2v) is 9.16. The van der Waals surface area contributed by atoms with E-state index in [0.29, 0.717) is 24.3 Å². The van der Waals surface area contributed by atoms with Crippen LogP contribution in [-0.4, -0.2) is 24.0 Å². The zero-order valence-corrected chi connectivity index (χ0v) is 15.9. The van der Waals surface area contributed by atoms with Crippen molar-refractivity contribution >= 4 is 22.8 Å². The van der Waals surface area contributed by atoms with Gasteiger partial charge in [0.15, 0.2) is 5.78 Å². The zero-order chi connectivity index (χ0) is 17.8. The molecule has 0 spiro atoms. The molecule has 0 aliphatic heterocycles. The number of thiophene rings is 1. The van der Waals surface area contributed by atoms with Crippen molar-refractivity contribution in [3.63, 3.8) is 0 Å². The average Bonchev–Trinajstić information content (AvgIpc) is 2.94. The van der Waals surface area contributed by atoms with Crippen molar-refractivity contribution in [1.29, 1.82) is 0 Å². The molecule has 0 unspecified atom stereocenters. The van der Waals surface area contributed by atoms with Gasteiger partial charge >= 0.3 is 0 Å². The number of aliphatic hydroxyl groups excluding tert-OH is 1. The molecule has 1 saturated carbocycles. The molecule has 0 amide bonds. The maximum atomic E-state index is 12.8. The number of hydrogen-bond acceptors (Lipinski definition) is 4. The summed E-state index contributed by atoms with van der Waals surface area (Å²) in [4.78, 5) is 15.1. The molecule has 0 bridgehead atoms. The monoisotopic (exact) mass is 355 g/mol. The van der Waals surface area contributed by atoms with Gasteiger partial charge in [-0.15, -0.1) is 11.3 Å². The number of carbonyl (C=O) groups excluding carboxylic acids is 1. The highest BCUT2D eigenvalue weighted by Crippen LogP contribution is 2.71. The number of aliphatic hydroxyl groups is 1. The summed E-state index contributed by atoms with van der Waals surface area (Å²) in [6.45, 7) is 7.37. The molecule has 0 radical (unpaired) electrons. The van der Waals surface area contributed by atoms with E-state index < -0.39 is 0 Å². The van der Waals surface area contributed by atoms with Gasteiger partial charge in [0.2, 0.25) is 0 Å². The van der Waals surface area contributed by atoms with Crippen molar-refractivity contribution < 1.29 is 9.90 Å². The highest BCUT2D eigenvalue weighted by molar-refractivity contribution is 7.14. The van der Waals surface area contributed by atoms with E-state index in [4.69, 9.17) is 5.11 Å². The number of rotatable bonds is 6. The minimum absolute atomic E-state index is 0.160. The van der Waals surface area contributed by atoms with E-state index in [9.17, 15) is 4.79 Å². The Morgan fingerprint density at radius 3 is 2.72 bits per heavy atom. The summed E-state index contributed by atoms with van der Waals surface area (Å²) in [5.74, 6) is 1.61. The molecule has 1 heterocycles. The third-order valence-corrected chi connectivity index (χ3v) is 7.28. The summed E-state index contributed by atoms with van der Waals surface area (Å²) in [5.41, 5.74) is 5.30. The van der Waals surface area contributed by atoms with Crippen LogP contribution in [0.2, 0.25) is 0 Å². The topological polar surface area (TPSA) is 49.3 Å². The number of benzene rings is 1.